The molecule has 0 unspecified atom stereocenters. The van der Waals surface area contributed by atoms with E-state index in [2.05, 4.69) is 48.7 Å². The molecule has 0 aliphatic heterocycles. The molecule has 4 nitrogen and oxygen atoms in total. The van der Waals surface area contributed by atoms with Crippen LogP contribution in [0.4, 0.5) is 0 Å². The highest BCUT2D eigenvalue weighted by Crippen LogP contribution is 2.17. The van der Waals surface area contributed by atoms with Crippen LogP contribution in [-0.2, 0) is 17.9 Å². The van der Waals surface area contributed by atoms with Crippen molar-refractivity contribution in [2.24, 2.45) is 0 Å². The third-order valence-corrected chi connectivity index (χ3v) is 3.88. The van der Waals surface area contributed by atoms with Crippen LogP contribution in [0.15, 0.2) is 30.5 Å². The van der Waals surface area contributed by atoms with Gasteiger partial charge in [0.2, 0.25) is 5.91 Å². The quantitative estimate of drug-likeness (QED) is 0.822. The molecule has 0 aliphatic carbocycles. The average molecular weight is 287 g/mol. The number of carbonyl (C=O) groups excluding carboxylic acids is 1. The molecule has 1 aromatic carbocycles. The molecule has 0 aliphatic rings. The number of hydrogen-bond acceptors (Lipinski definition) is 2. The highest BCUT2D eigenvalue weighted by molar-refractivity contribution is 5.84. The fourth-order valence-corrected chi connectivity index (χ4v) is 2.62. The highest BCUT2D eigenvalue weighted by Gasteiger charge is 2.10. The van der Waals surface area contributed by atoms with Crippen molar-refractivity contribution in [1.29, 1.82) is 0 Å². The van der Waals surface area contributed by atoms with Crippen molar-refractivity contribution >= 4 is 16.8 Å². The van der Waals surface area contributed by atoms with E-state index in [0.29, 0.717) is 6.54 Å². The maximum Gasteiger partial charge on any atom is 0.240 e. The van der Waals surface area contributed by atoms with Crippen molar-refractivity contribution in [3.8, 4) is 0 Å². The summed E-state index contributed by atoms with van der Waals surface area (Å²) in [5.41, 5.74) is 2.36. The highest BCUT2D eigenvalue weighted by atomic mass is 16.2. The SMILES string of the molecule is CCC(CC)NC(=O)Cn1ccc2cc(CNC)ccc21. The van der Waals surface area contributed by atoms with Gasteiger partial charge in [0.25, 0.3) is 0 Å². The molecule has 1 aromatic heterocycles. The number of hydrogen-bond donors (Lipinski definition) is 2. The largest absolute Gasteiger partial charge is 0.352 e. The Morgan fingerprint density at radius 3 is 2.67 bits per heavy atom. The van der Waals surface area contributed by atoms with Crippen LogP contribution in [0.1, 0.15) is 32.3 Å². The van der Waals surface area contributed by atoms with Gasteiger partial charge in [0.05, 0.1) is 0 Å². The van der Waals surface area contributed by atoms with Gasteiger partial charge in [-0.1, -0.05) is 19.9 Å². The van der Waals surface area contributed by atoms with Crippen LogP contribution in [0.5, 0.6) is 0 Å². The number of nitrogens with zero attached hydrogens (tertiary/aromatic N) is 1. The predicted octanol–water partition coefficient (Wildman–Crippen LogP) is 2.67. The Morgan fingerprint density at radius 1 is 1.24 bits per heavy atom. The molecule has 0 atom stereocenters. The monoisotopic (exact) mass is 287 g/mol. The molecule has 21 heavy (non-hydrogen) atoms. The summed E-state index contributed by atoms with van der Waals surface area (Å²) >= 11 is 0. The Hall–Kier alpha value is -1.81. The van der Waals surface area contributed by atoms with E-state index < -0.39 is 0 Å². The third-order valence-electron chi connectivity index (χ3n) is 3.88. The van der Waals surface area contributed by atoms with E-state index in [0.717, 1.165) is 24.9 Å². The van der Waals surface area contributed by atoms with E-state index >= 15 is 0 Å². The van der Waals surface area contributed by atoms with Gasteiger partial charge >= 0.3 is 0 Å². The normalized spacial score (nSPS) is 11.2. The molecule has 0 saturated carbocycles. The van der Waals surface area contributed by atoms with Gasteiger partial charge in [-0.15, -0.1) is 0 Å². The second-order valence-corrected chi connectivity index (χ2v) is 5.45. The summed E-state index contributed by atoms with van der Waals surface area (Å²) < 4.78 is 2.01. The first-order valence-corrected chi connectivity index (χ1v) is 7.69. The molecule has 0 fully saturated rings. The van der Waals surface area contributed by atoms with Crippen molar-refractivity contribution in [2.45, 2.75) is 45.8 Å². The Bertz CT molecular complexity index is 599. The van der Waals surface area contributed by atoms with Gasteiger partial charge in [-0.3, -0.25) is 4.79 Å². The first-order valence-electron chi connectivity index (χ1n) is 7.69. The van der Waals surface area contributed by atoms with Gasteiger partial charge in [-0.2, -0.15) is 0 Å². The number of fused-ring (bicyclic) bond motifs is 1. The van der Waals surface area contributed by atoms with Gasteiger partial charge in [0.15, 0.2) is 0 Å². The minimum atomic E-state index is 0.0838. The lowest BCUT2D eigenvalue weighted by atomic mass is 10.1. The molecule has 1 amide bonds. The number of amides is 1. The van der Waals surface area contributed by atoms with Crippen LogP contribution in [0.2, 0.25) is 0 Å². The molecule has 0 bridgehead atoms. The molecule has 4 heteroatoms. The molecule has 2 aromatic rings. The number of carbonyl (C=O) groups is 1. The van der Waals surface area contributed by atoms with Crippen LogP contribution < -0.4 is 10.6 Å². The van der Waals surface area contributed by atoms with E-state index in [1.165, 1.54) is 10.9 Å². The summed E-state index contributed by atoms with van der Waals surface area (Å²) in [5.74, 6) is 0.0838. The lowest BCUT2D eigenvalue weighted by Crippen LogP contribution is -2.36. The number of nitrogens with one attached hydrogen (secondary N) is 2. The molecule has 114 valence electrons. The summed E-state index contributed by atoms with van der Waals surface area (Å²) in [6.07, 6.45) is 3.93. The summed E-state index contributed by atoms with van der Waals surface area (Å²) in [5, 5.41) is 7.41. The zero-order valence-corrected chi connectivity index (χ0v) is 13.1. The van der Waals surface area contributed by atoms with E-state index in [-0.39, 0.29) is 11.9 Å². The van der Waals surface area contributed by atoms with Gasteiger partial charge in [-0.05, 0) is 49.0 Å². The molecule has 0 radical (unpaired) electrons. The number of aromatic nitrogens is 1. The minimum Gasteiger partial charge on any atom is -0.352 e. The van der Waals surface area contributed by atoms with Crippen molar-refractivity contribution in [3.63, 3.8) is 0 Å². The van der Waals surface area contributed by atoms with Crippen LogP contribution in [0, 0.1) is 0 Å². The fraction of sp³-hybridized carbons (Fsp3) is 0.471. The van der Waals surface area contributed by atoms with Crippen LogP contribution in [0.3, 0.4) is 0 Å². The third kappa shape index (κ3) is 3.85. The van der Waals surface area contributed by atoms with E-state index in [1.54, 1.807) is 0 Å². The summed E-state index contributed by atoms with van der Waals surface area (Å²) in [6.45, 7) is 5.44. The summed E-state index contributed by atoms with van der Waals surface area (Å²) in [4.78, 5) is 12.1. The topological polar surface area (TPSA) is 46.1 Å². The second kappa shape index (κ2) is 7.27. The van der Waals surface area contributed by atoms with Crippen molar-refractivity contribution in [2.75, 3.05) is 7.05 Å². The summed E-state index contributed by atoms with van der Waals surface area (Å²) in [6, 6.07) is 8.71. The Morgan fingerprint density at radius 2 is 2.00 bits per heavy atom. The molecular formula is C17H25N3O. The minimum absolute atomic E-state index is 0.0838. The van der Waals surface area contributed by atoms with Crippen LogP contribution >= 0.6 is 0 Å². The zero-order chi connectivity index (χ0) is 15.2. The lowest BCUT2D eigenvalue weighted by Gasteiger charge is -2.15. The number of benzene rings is 1. The standard InChI is InChI=1S/C17H25N3O/c1-4-15(5-2)19-17(21)12-20-9-8-14-10-13(11-18-3)6-7-16(14)20/h6-10,15,18H,4-5,11-12H2,1-3H3,(H,19,21). The van der Waals surface area contributed by atoms with Gasteiger partial charge < -0.3 is 15.2 Å². The van der Waals surface area contributed by atoms with E-state index in [1.807, 2.05) is 17.8 Å². The maximum absolute atomic E-state index is 12.1. The maximum atomic E-state index is 12.1. The Labute approximate surface area is 126 Å². The zero-order valence-electron chi connectivity index (χ0n) is 13.1. The fourth-order valence-electron chi connectivity index (χ4n) is 2.62. The smallest absolute Gasteiger partial charge is 0.240 e. The van der Waals surface area contributed by atoms with Crippen molar-refractivity contribution < 1.29 is 4.79 Å². The van der Waals surface area contributed by atoms with Gasteiger partial charge in [0, 0.05) is 24.3 Å². The molecule has 0 saturated heterocycles. The first kappa shape index (κ1) is 15.6. The van der Waals surface area contributed by atoms with Gasteiger partial charge in [-0.25, -0.2) is 0 Å². The van der Waals surface area contributed by atoms with Crippen molar-refractivity contribution in [3.05, 3.63) is 36.0 Å². The predicted molar refractivity (Wildman–Crippen MR) is 87.2 cm³/mol. The van der Waals surface area contributed by atoms with Gasteiger partial charge in [0.1, 0.15) is 6.54 Å². The van der Waals surface area contributed by atoms with Crippen LogP contribution in [-0.4, -0.2) is 23.6 Å². The molecule has 1 heterocycles. The molecule has 0 spiro atoms. The Kier molecular flexibility index (Phi) is 5.39. The number of rotatable bonds is 7. The molecule has 2 N–H and O–H groups in total. The first-order chi connectivity index (χ1) is 10.2. The summed E-state index contributed by atoms with van der Waals surface area (Å²) in [7, 11) is 1.94. The van der Waals surface area contributed by atoms with Crippen LogP contribution in [0.25, 0.3) is 10.9 Å². The van der Waals surface area contributed by atoms with E-state index in [9.17, 15) is 4.79 Å². The Balaban J connectivity index is 2.10. The second-order valence-electron chi connectivity index (χ2n) is 5.45. The molecular weight excluding hydrogens is 262 g/mol. The lowest BCUT2D eigenvalue weighted by molar-refractivity contribution is -0.122. The van der Waals surface area contributed by atoms with Crippen molar-refractivity contribution in [1.82, 2.24) is 15.2 Å². The molecule has 2 rings (SSSR count). The van der Waals surface area contributed by atoms with E-state index in [4.69, 9.17) is 0 Å². The average Bonchev–Trinajstić information content (AvgIpc) is 2.87.